The quantitative estimate of drug-likeness (QED) is 0.717. The topological polar surface area (TPSA) is 65.1 Å². The number of carbonyl (C=O) groups excluding carboxylic acids is 1. The standard InChI is InChI=1S/C22H25N5O/c28-22(15-26-5-7-27(8-6-26)21-3-4-21)11-20-10-18-9-16(19-13-24-25-14-19)1-2-17(18)12-23-20/h1-2,9-10,12-14,21H,3-8,11,15H2,(H,24,25). The number of aromatic nitrogens is 3. The van der Waals surface area contributed by atoms with Gasteiger partial charge in [-0.05, 0) is 35.9 Å². The second kappa shape index (κ2) is 7.45. The van der Waals surface area contributed by atoms with Gasteiger partial charge in [-0.2, -0.15) is 5.10 Å². The third-order valence-electron chi connectivity index (χ3n) is 5.86. The Balaban J connectivity index is 1.23. The van der Waals surface area contributed by atoms with Crippen LogP contribution in [0.5, 0.6) is 0 Å². The monoisotopic (exact) mass is 375 g/mol. The molecular formula is C22H25N5O. The predicted molar refractivity (Wildman–Crippen MR) is 109 cm³/mol. The number of rotatable bonds is 6. The van der Waals surface area contributed by atoms with E-state index in [1.165, 1.54) is 12.8 Å². The first kappa shape index (κ1) is 17.5. The first-order valence-corrected chi connectivity index (χ1v) is 10.1. The molecule has 144 valence electrons. The Morgan fingerprint density at radius 1 is 1.04 bits per heavy atom. The van der Waals surface area contributed by atoms with E-state index in [2.05, 4.69) is 43.2 Å². The maximum Gasteiger partial charge on any atom is 0.152 e. The molecule has 0 atom stereocenters. The zero-order valence-electron chi connectivity index (χ0n) is 16.0. The van der Waals surface area contributed by atoms with E-state index in [1.54, 1.807) is 0 Å². The van der Waals surface area contributed by atoms with Crippen molar-refractivity contribution in [2.75, 3.05) is 32.7 Å². The molecule has 0 radical (unpaired) electrons. The number of pyridine rings is 1. The lowest BCUT2D eigenvalue weighted by molar-refractivity contribution is -0.120. The van der Waals surface area contributed by atoms with Crippen LogP contribution in [0.1, 0.15) is 18.5 Å². The minimum Gasteiger partial charge on any atom is -0.298 e. The van der Waals surface area contributed by atoms with Crippen LogP contribution in [0.15, 0.2) is 42.9 Å². The van der Waals surface area contributed by atoms with E-state index in [4.69, 9.17) is 0 Å². The highest BCUT2D eigenvalue weighted by atomic mass is 16.1. The number of nitrogens with one attached hydrogen (secondary N) is 1. The van der Waals surface area contributed by atoms with Gasteiger partial charge in [-0.3, -0.25) is 24.7 Å². The van der Waals surface area contributed by atoms with E-state index < -0.39 is 0 Å². The Morgan fingerprint density at radius 3 is 2.64 bits per heavy atom. The van der Waals surface area contributed by atoms with Crippen LogP contribution in [0.25, 0.3) is 21.9 Å². The summed E-state index contributed by atoms with van der Waals surface area (Å²) in [4.78, 5) is 22.0. The van der Waals surface area contributed by atoms with Crippen LogP contribution in [0.3, 0.4) is 0 Å². The fourth-order valence-electron chi connectivity index (χ4n) is 4.11. The minimum absolute atomic E-state index is 0.248. The van der Waals surface area contributed by atoms with E-state index in [1.807, 2.05) is 24.7 Å². The summed E-state index contributed by atoms with van der Waals surface area (Å²) >= 11 is 0. The van der Waals surface area contributed by atoms with Crippen LogP contribution >= 0.6 is 0 Å². The number of H-pyrrole nitrogens is 1. The molecule has 0 unspecified atom stereocenters. The fourth-order valence-corrected chi connectivity index (χ4v) is 4.11. The number of Topliss-reactive ketones (excluding diaryl/α,β-unsaturated/α-hetero) is 1. The van der Waals surface area contributed by atoms with Gasteiger partial charge < -0.3 is 0 Å². The number of nitrogens with zero attached hydrogens (tertiary/aromatic N) is 4. The molecule has 1 aromatic carbocycles. The molecule has 1 aliphatic heterocycles. The Kier molecular flexibility index (Phi) is 4.66. The summed E-state index contributed by atoms with van der Waals surface area (Å²) in [7, 11) is 0. The van der Waals surface area contributed by atoms with Crippen LogP contribution in [-0.4, -0.2) is 69.5 Å². The third kappa shape index (κ3) is 3.84. The molecule has 2 aromatic heterocycles. The molecule has 28 heavy (non-hydrogen) atoms. The van der Waals surface area contributed by atoms with Crippen LogP contribution in [0.4, 0.5) is 0 Å². The zero-order valence-corrected chi connectivity index (χ0v) is 16.0. The molecule has 1 saturated carbocycles. The highest BCUT2D eigenvalue weighted by molar-refractivity contribution is 5.88. The summed E-state index contributed by atoms with van der Waals surface area (Å²) in [5, 5.41) is 9.06. The number of hydrogen-bond donors (Lipinski definition) is 1. The minimum atomic E-state index is 0.248. The second-order valence-electron chi connectivity index (χ2n) is 7.98. The first-order valence-electron chi connectivity index (χ1n) is 10.1. The Bertz CT molecular complexity index is 972. The Morgan fingerprint density at radius 2 is 1.89 bits per heavy atom. The molecule has 1 aliphatic carbocycles. The average molecular weight is 375 g/mol. The molecule has 0 bridgehead atoms. The molecule has 6 heteroatoms. The van der Waals surface area contributed by atoms with E-state index in [0.29, 0.717) is 13.0 Å². The lowest BCUT2D eigenvalue weighted by Crippen LogP contribution is -2.48. The highest BCUT2D eigenvalue weighted by Crippen LogP contribution is 2.27. The molecular weight excluding hydrogens is 350 g/mol. The van der Waals surface area contributed by atoms with E-state index >= 15 is 0 Å². The molecule has 0 spiro atoms. The van der Waals surface area contributed by atoms with Gasteiger partial charge in [0.1, 0.15) is 0 Å². The van der Waals surface area contributed by atoms with Gasteiger partial charge >= 0.3 is 0 Å². The van der Waals surface area contributed by atoms with Gasteiger partial charge in [0, 0.05) is 61.3 Å². The number of fused-ring (bicyclic) bond motifs is 1. The SMILES string of the molecule is O=C(Cc1cc2cc(-c3cn[nH]c3)ccc2cn1)CN1CCN(C2CC2)CC1. The summed E-state index contributed by atoms with van der Waals surface area (Å²) in [6.07, 6.45) is 8.68. The van der Waals surface area contributed by atoms with Gasteiger partial charge in [0.2, 0.25) is 0 Å². The molecule has 3 aromatic rings. The van der Waals surface area contributed by atoms with Crippen molar-refractivity contribution in [3.05, 3.63) is 48.5 Å². The van der Waals surface area contributed by atoms with Gasteiger partial charge in [-0.1, -0.05) is 12.1 Å². The van der Waals surface area contributed by atoms with Crippen molar-refractivity contribution in [2.45, 2.75) is 25.3 Å². The van der Waals surface area contributed by atoms with Gasteiger partial charge in [0.25, 0.3) is 0 Å². The third-order valence-corrected chi connectivity index (χ3v) is 5.86. The van der Waals surface area contributed by atoms with Crippen molar-refractivity contribution in [3.63, 3.8) is 0 Å². The van der Waals surface area contributed by atoms with Crippen LogP contribution in [0, 0.1) is 0 Å². The summed E-state index contributed by atoms with van der Waals surface area (Å²) in [5.74, 6) is 0.248. The van der Waals surface area contributed by atoms with E-state index in [-0.39, 0.29) is 5.78 Å². The maximum atomic E-state index is 12.6. The molecule has 1 saturated heterocycles. The maximum absolute atomic E-state index is 12.6. The average Bonchev–Trinajstić information content (AvgIpc) is 3.41. The molecule has 5 rings (SSSR count). The second-order valence-corrected chi connectivity index (χ2v) is 7.98. The van der Waals surface area contributed by atoms with Gasteiger partial charge in [0.05, 0.1) is 19.2 Å². The first-order chi connectivity index (χ1) is 13.7. The fraction of sp³-hybridized carbons (Fsp3) is 0.409. The number of aromatic amines is 1. The van der Waals surface area contributed by atoms with Crippen molar-refractivity contribution in [1.29, 1.82) is 0 Å². The molecule has 6 nitrogen and oxygen atoms in total. The summed E-state index contributed by atoms with van der Waals surface area (Å²) < 4.78 is 0. The highest BCUT2D eigenvalue weighted by Gasteiger charge is 2.31. The summed E-state index contributed by atoms with van der Waals surface area (Å²) in [6, 6.07) is 9.14. The van der Waals surface area contributed by atoms with Crippen molar-refractivity contribution in [2.24, 2.45) is 0 Å². The Labute approximate surface area is 164 Å². The molecule has 2 aliphatic rings. The number of piperazine rings is 1. The van der Waals surface area contributed by atoms with Crippen molar-refractivity contribution >= 4 is 16.6 Å². The number of hydrogen-bond acceptors (Lipinski definition) is 5. The summed E-state index contributed by atoms with van der Waals surface area (Å²) in [5.41, 5.74) is 3.01. The molecule has 2 fully saturated rings. The van der Waals surface area contributed by atoms with Crippen LogP contribution in [0.2, 0.25) is 0 Å². The molecule has 0 amide bonds. The lowest BCUT2D eigenvalue weighted by Gasteiger charge is -2.34. The van der Waals surface area contributed by atoms with E-state index in [0.717, 1.165) is 59.8 Å². The van der Waals surface area contributed by atoms with Crippen molar-refractivity contribution < 1.29 is 4.79 Å². The number of carbonyl (C=O) groups is 1. The molecule has 3 heterocycles. The molecule has 1 N–H and O–H groups in total. The predicted octanol–water partition coefficient (Wildman–Crippen LogP) is 2.52. The van der Waals surface area contributed by atoms with Crippen molar-refractivity contribution in [1.82, 2.24) is 25.0 Å². The zero-order chi connectivity index (χ0) is 18.9. The Hall–Kier alpha value is -2.57. The largest absolute Gasteiger partial charge is 0.298 e. The van der Waals surface area contributed by atoms with Crippen molar-refractivity contribution in [3.8, 4) is 11.1 Å². The van der Waals surface area contributed by atoms with Gasteiger partial charge in [0.15, 0.2) is 5.78 Å². The number of benzene rings is 1. The van der Waals surface area contributed by atoms with Crippen LogP contribution < -0.4 is 0 Å². The normalized spacial score (nSPS) is 18.6. The van der Waals surface area contributed by atoms with Gasteiger partial charge in [-0.15, -0.1) is 0 Å². The van der Waals surface area contributed by atoms with Crippen LogP contribution in [-0.2, 0) is 11.2 Å². The smallest absolute Gasteiger partial charge is 0.152 e. The summed E-state index contributed by atoms with van der Waals surface area (Å²) in [6.45, 7) is 4.74. The lowest BCUT2D eigenvalue weighted by atomic mass is 10.0. The number of ketones is 1. The van der Waals surface area contributed by atoms with Gasteiger partial charge in [-0.25, -0.2) is 0 Å². The van der Waals surface area contributed by atoms with E-state index in [9.17, 15) is 4.79 Å².